The largest absolute Gasteiger partial charge is 0.347 e. The van der Waals surface area contributed by atoms with Crippen molar-refractivity contribution >= 4 is 17.2 Å². The fourth-order valence-electron chi connectivity index (χ4n) is 1.44. The van der Waals surface area contributed by atoms with Crippen molar-refractivity contribution in [2.75, 3.05) is 0 Å². The minimum absolute atomic E-state index is 0.0228. The second-order valence-corrected chi connectivity index (χ2v) is 5.64. The summed E-state index contributed by atoms with van der Waals surface area (Å²) in [4.78, 5) is 16.0. The van der Waals surface area contributed by atoms with Crippen LogP contribution in [0, 0.1) is 11.8 Å². The van der Waals surface area contributed by atoms with Gasteiger partial charge >= 0.3 is 0 Å². The smallest absolute Gasteiger partial charge is 0.223 e. The van der Waals surface area contributed by atoms with Crippen LogP contribution < -0.4 is 5.32 Å². The molecule has 1 heterocycles. The first-order chi connectivity index (χ1) is 7.50. The zero-order valence-corrected chi connectivity index (χ0v) is 11.2. The molecule has 1 atom stereocenters. The number of carbonyl (C=O) groups is 1. The number of rotatable bonds is 5. The van der Waals surface area contributed by atoms with Crippen LogP contribution in [0.2, 0.25) is 0 Å². The maximum atomic E-state index is 11.7. The summed E-state index contributed by atoms with van der Waals surface area (Å²) in [5.74, 6) is 0.664. The second kappa shape index (κ2) is 5.99. The van der Waals surface area contributed by atoms with Crippen LogP contribution >= 0.6 is 11.3 Å². The van der Waals surface area contributed by atoms with Gasteiger partial charge in [0.05, 0.1) is 6.04 Å². The molecule has 0 saturated carbocycles. The Labute approximate surface area is 101 Å². The normalized spacial score (nSPS) is 13.1. The lowest BCUT2D eigenvalue weighted by molar-refractivity contribution is -0.124. The molecule has 3 nitrogen and oxygen atoms in total. The minimum atomic E-state index is 0.0228. The van der Waals surface area contributed by atoms with Gasteiger partial charge < -0.3 is 5.32 Å². The molecule has 0 aliphatic rings. The number of nitrogens with zero attached hydrogens (tertiary/aromatic N) is 1. The van der Waals surface area contributed by atoms with Crippen molar-refractivity contribution in [3.63, 3.8) is 0 Å². The molecular formula is C12H20N2OS. The Kier molecular flexibility index (Phi) is 4.93. The highest BCUT2D eigenvalue weighted by atomic mass is 32.1. The van der Waals surface area contributed by atoms with Gasteiger partial charge in [0.15, 0.2) is 0 Å². The quantitative estimate of drug-likeness (QED) is 0.859. The molecule has 0 aromatic carbocycles. The number of hydrogen-bond donors (Lipinski definition) is 1. The van der Waals surface area contributed by atoms with Crippen molar-refractivity contribution < 1.29 is 4.79 Å². The molecule has 0 fully saturated rings. The third kappa shape index (κ3) is 3.93. The molecule has 1 aromatic heterocycles. The zero-order chi connectivity index (χ0) is 12.1. The summed E-state index contributed by atoms with van der Waals surface area (Å²) in [5.41, 5.74) is 0. The van der Waals surface area contributed by atoms with Gasteiger partial charge in [-0.15, -0.1) is 11.3 Å². The molecule has 0 bridgehead atoms. The van der Waals surface area contributed by atoms with Crippen molar-refractivity contribution in [2.24, 2.45) is 11.8 Å². The van der Waals surface area contributed by atoms with Crippen LogP contribution in [0.5, 0.6) is 0 Å². The van der Waals surface area contributed by atoms with Gasteiger partial charge in [0.1, 0.15) is 5.01 Å². The molecule has 0 spiro atoms. The number of thiazole rings is 1. The van der Waals surface area contributed by atoms with Crippen LogP contribution in [-0.2, 0) is 4.79 Å². The molecule has 1 N–H and O–H groups in total. The number of hydrogen-bond acceptors (Lipinski definition) is 3. The van der Waals surface area contributed by atoms with Crippen molar-refractivity contribution in [3.8, 4) is 0 Å². The highest BCUT2D eigenvalue weighted by Gasteiger charge is 2.19. The van der Waals surface area contributed by atoms with Gasteiger partial charge in [-0.1, -0.05) is 27.7 Å². The van der Waals surface area contributed by atoms with Gasteiger partial charge in [0.25, 0.3) is 0 Å². The van der Waals surface area contributed by atoms with E-state index in [9.17, 15) is 4.79 Å². The Balaban J connectivity index is 2.69. The summed E-state index contributed by atoms with van der Waals surface area (Å²) in [6.07, 6.45) is 2.72. The summed E-state index contributed by atoms with van der Waals surface area (Å²) < 4.78 is 0. The fraction of sp³-hybridized carbons (Fsp3) is 0.667. The SMILES string of the molecule is CC(C)CC(NC(=O)C(C)C)c1nccs1. The molecule has 4 heteroatoms. The van der Waals surface area contributed by atoms with Crippen LogP contribution in [0.15, 0.2) is 11.6 Å². The maximum Gasteiger partial charge on any atom is 0.223 e. The highest BCUT2D eigenvalue weighted by molar-refractivity contribution is 7.09. The average molecular weight is 240 g/mol. The van der Waals surface area contributed by atoms with E-state index in [0.29, 0.717) is 5.92 Å². The summed E-state index contributed by atoms with van der Waals surface area (Å²) in [6.45, 7) is 8.12. The lowest BCUT2D eigenvalue weighted by Gasteiger charge is -2.19. The van der Waals surface area contributed by atoms with Gasteiger partial charge in [-0.05, 0) is 12.3 Å². The first-order valence-corrected chi connectivity index (χ1v) is 6.58. The van der Waals surface area contributed by atoms with Gasteiger partial charge in [-0.25, -0.2) is 4.98 Å². The van der Waals surface area contributed by atoms with Gasteiger partial charge in [0.2, 0.25) is 5.91 Å². The summed E-state index contributed by atoms with van der Waals surface area (Å²) in [7, 11) is 0. The Hall–Kier alpha value is -0.900. The maximum absolute atomic E-state index is 11.7. The van der Waals surface area contributed by atoms with E-state index in [-0.39, 0.29) is 17.9 Å². The van der Waals surface area contributed by atoms with E-state index in [1.54, 1.807) is 17.5 Å². The fourth-order valence-corrected chi connectivity index (χ4v) is 2.14. The Morgan fingerprint density at radius 3 is 2.56 bits per heavy atom. The number of nitrogens with one attached hydrogen (secondary N) is 1. The molecule has 1 amide bonds. The van der Waals surface area contributed by atoms with Crippen molar-refractivity contribution in [2.45, 2.75) is 40.2 Å². The molecule has 0 aliphatic carbocycles. The Morgan fingerprint density at radius 1 is 1.44 bits per heavy atom. The topological polar surface area (TPSA) is 42.0 Å². The molecule has 1 rings (SSSR count). The summed E-state index contributed by atoms with van der Waals surface area (Å²) >= 11 is 1.60. The van der Waals surface area contributed by atoms with E-state index >= 15 is 0 Å². The molecule has 16 heavy (non-hydrogen) atoms. The van der Waals surface area contributed by atoms with E-state index in [1.165, 1.54) is 0 Å². The van der Waals surface area contributed by atoms with Crippen molar-refractivity contribution in [3.05, 3.63) is 16.6 Å². The standard InChI is InChI=1S/C12H20N2OS/c1-8(2)7-10(12-13-5-6-16-12)14-11(15)9(3)4/h5-6,8-10H,7H2,1-4H3,(H,14,15). The van der Waals surface area contributed by atoms with E-state index in [0.717, 1.165) is 11.4 Å². The number of carbonyl (C=O) groups excluding carboxylic acids is 1. The van der Waals surface area contributed by atoms with Crippen molar-refractivity contribution in [1.82, 2.24) is 10.3 Å². The summed E-state index contributed by atoms with van der Waals surface area (Å²) in [6, 6.07) is 0.0647. The third-order valence-electron chi connectivity index (χ3n) is 2.30. The first-order valence-electron chi connectivity index (χ1n) is 5.70. The van der Waals surface area contributed by atoms with Crippen molar-refractivity contribution in [1.29, 1.82) is 0 Å². The predicted molar refractivity (Wildman–Crippen MR) is 67.3 cm³/mol. The van der Waals surface area contributed by atoms with Crippen LogP contribution in [0.25, 0.3) is 0 Å². The second-order valence-electron chi connectivity index (χ2n) is 4.72. The number of aromatic nitrogens is 1. The molecule has 1 unspecified atom stereocenters. The van der Waals surface area contributed by atoms with E-state index in [1.807, 2.05) is 19.2 Å². The van der Waals surface area contributed by atoms with Gasteiger partial charge in [-0.2, -0.15) is 0 Å². The number of amides is 1. The van der Waals surface area contributed by atoms with E-state index < -0.39 is 0 Å². The van der Waals surface area contributed by atoms with Crippen LogP contribution in [0.3, 0.4) is 0 Å². The molecule has 1 aromatic rings. The molecule has 0 aliphatic heterocycles. The minimum Gasteiger partial charge on any atom is -0.347 e. The van der Waals surface area contributed by atoms with Crippen LogP contribution in [0.4, 0.5) is 0 Å². The first kappa shape index (κ1) is 13.2. The Morgan fingerprint density at radius 2 is 2.12 bits per heavy atom. The van der Waals surface area contributed by atoms with E-state index in [4.69, 9.17) is 0 Å². The lowest BCUT2D eigenvalue weighted by Crippen LogP contribution is -2.32. The molecule has 90 valence electrons. The highest BCUT2D eigenvalue weighted by Crippen LogP contribution is 2.23. The third-order valence-corrected chi connectivity index (χ3v) is 3.19. The molecule has 0 radical (unpaired) electrons. The molecule has 0 saturated heterocycles. The van der Waals surface area contributed by atoms with Gasteiger partial charge in [-0.3, -0.25) is 4.79 Å². The Bertz CT molecular complexity index is 320. The average Bonchev–Trinajstić information content (AvgIpc) is 2.68. The lowest BCUT2D eigenvalue weighted by atomic mass is 10.0. The van der Waals surface area contributed by atoms with E-state index in [2.05, 4.69) is 24.1 Å². The predicted octanol–water partition coefficient (Wildman–Crippen LogP) is 3.00. The summed E-state index contributed by atoms with van der Waals surface area (Å²) in [5, 5.41) is 6.01. The van der Waals surface area contributed by atoms with Crippen LogP contribution in [-0.4, -0.2) is 10.9 Å². The molecular weight excluding hydrogens is 220 g/mol. The van der Waals surface area contributed by atoms with Gasteiger partial charge in [0, 0.05) is 17.5 Å². The monoisotopic (exact) mass is 240 g/mol. The zero-order valence-electron chi connectivity index (χ0n) is 10.4. The van der Waals surface area contributed by atoms with Crippen LogP contribution in [0.1, 0.15) is 45.2 Å².